The van der Waals surface area contributed by atoms with Gasteiger partial charge in [-0.25, -0.2) is 0 Å². The number of aliphatic carboxylic acids is 1. The fraction of sp³-hybridized carbons (Fsp3) is 0.889. The lowest BCUT2D eigenvalue weighted by Crippen LogP contribution is -2.45. The van der Waals surface area contributed by atoms with E-state index in [0.717, 1.165) is 17.7 Å². The third-order valence-corrected chi connectivity index (χ3v) is 2.52. The number of carboxylic acid groups (broad SMARTS) is 1. The number of hydrogen-bond acceptors (Lipinski definition) is 2. The number of rotatable bonds is 5. The molecule has 0 aromatic rings. The van der Waals surface area contributed by atoms with Crippen LogP contribution in [0.15, 0.2) is 0 Å². The zero-order chi connectivity index (χ0) is 11.6. The highest BCUT2D eigenvalue weighted by Crippen LogP contribution is 2.33. The zero-order valence-electron chi connectivity index (χ0n) is 8.42. The summed E-state index contributed by atoms with van der Waals surface area (Å²) in [7, 11) is 1.33. The Bertz CT molecular complexity index is 238. The Morgan fingerprint density at radius 3 is 2.40 bits per heavy atom. The Kier molecular flexibility index (Phi) is 3.59. The summed E-state index contributed by atoms with van der Waals surface area (Å²) in [6.07, 6.45) is -3.46. The van der Waals surface area contributed by atoms with Crippen LogP contribution in [0.1, 0.15) is 19.3 Å². The standard InChI is InChI=1S/C9H14F3NO2/c1-13(5-6-2-3-6)7(4-8(14)15)9(10,11)12/h6-7H,2-5H2,1H3,(H,14,15). The second kappa shape index (κ2) is 4.38. The van der Waals surface area contributed by atoms with Crippen molar-refractivity contribution in [1.29, 1.82) is 0 Å². The van der Waals surface area contributed by atoms with Crippen molar-refractivity contribution in [3.63, 3.8) is 0 Å². The molecule has 0 amide bonds. The van der Waals surface area contributed by atoms with E-state index in [4.69, 9.17) is 5.11 Å². The lowest BCUT2D eigenvalue weighted by atomic mass is 10.1. The van der Waals surface area contributed by atoms with E-state index >= 15 is 0 Å². The van der Waals surface area contributed by atoms with Gasteiger partial charge in [-0.1, -0.05) is 0 Å². The topological polar surface area (TPSA) is 40.5 Å². The van der Waals surface area contributed by atoms with Crippen LogP contribution in [0.4, 0.5) is 13.2 Å². The highest BCUT2D eigenvalue weighted by atomic mass is 19.4. The Balaban J connectivity index is 2.56. The number of alkyl halides is 3. The molecule has 1 saturated carbocycles. The lowest BCUT2D eigenvalue weighted by molar-refractivity contribution is -0.188. The van der Waals surface area contributed by atoms with Crippen molar-refractivity contribution < 1.29 is 23.1 Å². The molecule has 1 fully saturated rings. The van der Waals surface area contributed by atoms with Crippen LogP contribution in [0.25, 0.3) is 0 Å². The zero-order valence-corrected chi connectivity index (χ0v) is 8.42. The van der Waals surface area contributed by atoms with Crippen LogP contribution in [-0.2, 0) is 4.79 Å². The molecule has 1 atom stereocenters. The van der Waals surface area contributed by atoms with E-state index in [0.29, 0.717) is 12.5 Å². The first kappa shape index (κ1) is 12.3. The molecule has 88 valence electrons. The number of carboxylic acids is 1. The Labute approximate surface area is 85.9 Å². The van der Waals surface area contributed by atoms with Gasteiger partial charge in [0.2, 0.25) is 0 Å². The quantitative estimate of drug-likeness (QED) is 0.774. The highest BCUT2D eigenvalue weighted by molar-refractivity contribution is 5.67. The Morgan fingerprint density at radius 1 is 1.53 bits per heavy atom. The van der Waals surface area contributed by atoms with Gasteiger partial charge in [0.25, 0.3) is 0 Å². The summed E-state index contributed by atoms with van der Waals surface area (Å²) >= 11 is 0. The van der Waals surface area contributed by atoms with Gasteiger partial charge in [-0.15, -0.1) is 0 Å². The summed E-state index contributed by atoms with van der Waals surface area (Å²) in [6, 6.07) is -1.87. The Hall–Kier alpha value is -0.780. The molecular formula is C9H14F3NO2. The Morgan fingerprint density at radius 2 is 2.07 bits per heavy atom. The number of carbonyl (C=O) groups is 1. The molecule has 0 aliphatic heterocycles. The molecule has 1 N–H and O–H groups in total. The van der Waals surface area contributed by atoms with Gasteiger partial charge in [0.05, 0.1) is 6.42 Å². The van der Waals surface area contributed by atoms with E-state index < -0.39 is 24.6 Å². The molecule has 1 aliphatic carbocycles. The fourth-order valence-corrected chi connectivity index (χ4v) is 1.52. The molecule has 1 unspecified atom stereocenters. The number of hydrogen-bond donors (Lipinski definition) is 1. The number of nitrogens with zero attached hydrogens (tertiary/aromatic N) is 1. The maximum absolute atomic E-state index is 12.5. The third-order valence-electron chi connectivity index (χ3n) is 2.52. The van der Waals surface area contributed by atoms with Crippen molar-refractivity contribution in [2.24, 2.45) is 5.92 Å². The molecule has 0 spiro atoms. The molecule has 1 rings (SSSR count). The molecule has 0 bridgehead atoms. The molecule has 0 radical (unpaired) electrons. The van der Waals surface area contributed by atoms with Crippen molar-refractivity contribution in [3.8, 4) is 0 Å². The minimum atomic E-state index is -4.47. The monoisotopic (exact) mass is 225 g/mol. The second-order valence-electron chi connectivity index (χ2n) is 4.04. The van der Waals surface area contributed by atoms with Crippen LogP contribution >= 0.6 is 0 Å². The molecule has 0 aromatic carbocycles. The fourth-order valence-electron chi connectivity index (χ4n) is 1.52. The SMILES string of the molecule is CN(CC1CC1)C(CC(=O)O)C(F)(F)F. The summed E-state index contributed by atoms with van der Waals surface area (Å²) in [6.45, 7) is 0.331. The normalized spacial score (nSPS) is 19.3. The minimum Gasteiger partial charge on any atom is -0.481 e. The summed E-state index contributed by atoms with van der Waals surface area (Å²) in [5.41, 5.74) is 0. The van der Waals surface area contributed by atoms with E-state index in [2.05, 4.69) is 0 Å². The molecule has 0 heterocycles. The molecular weight excluding hydrogens is 211 g/mol. The average Bonchev–Trinajstić information content (AvgIpc) is 2.81. The van der Waals surface area contributed by atoms with Crippen LogP contribution in [0.3, 0.4) is 0 Å². The molecule has 6 heteroatoms. The smallest absolute Gasteiger partial charge is 0.404 e. The molecule has 3 nitrogen and oxygen atoms in total. The van der Waals surface area contributed by atoms with Crippen molar-refractivity contribution >= 4 is 5.97 Å². The summed E-state index contributed by atoms with van der Waals surface area (Å²) in [4.78, 5) is 11.4. The van der Waals surface area contributed by atoms with Crippen LogP contribution < -0.4 is 0 Å². The van der Waals surface area contributed by atoms with E-state index in [1.807, 2.05) is 0 Å². The maximum Gasteiger partial charge on any atom is 0.404 e. The highest BCUT2D eigenvalue weighted by Gasteiger charge is 2.44. The van der Waals surface area contributed by atoms with Crippen molar-refractivity contribution in [1.82, 2.24) is 4.90 Å². The van der Waals surface area contributed by atoms with Crippen LogP contribution in [0, 0.1) is 5.92 Å². The lowest BCUT2D eigenvalue weighted by Gasteiger charge is -2.28. The van der Waals surface area contributed by atoms with Crippen LogP contribution in [-0.4, -0.2) is 41.8 Å². The number of halogens is 3. The van der Waals surface area contributed by atoms with Crippen molar-refractivity contribution in [2.45, 2.75) is 31.5 Å². The predicted octanol–water partition coefficient (Wildman–Crippen LogP) is 1.73. The van der Waals surface area contributed by atoms with Gasteiger partial charge in [0.15, 0.2) is 0 Å². The summed E-state index contributed by atoms with van der Waals surface area (Å²) in [5, 5.41) is 8.42. The predicted molar refractivity (Wildman–Crippen MR) is 47.4 cm³/mol. The van der Waals surface area contributed by atoms with Crippen molar-refractivity contribution in [2.75, 3.05) is 13.6 Å². The second-order valence-corrected chi connectivity index (χ2v) is 4.04. The molecule has 0 aromatic heterocycles. The largest absolute Gasteiger partial charge is 0.481 e. The van der Waals surface area contributed by atoms with Crippen LogP contribution in [0.2, 0.25) is 0 Å². The van der Waals surface area contributed by atoms with Gasteiger partial charge in [0, 0.05) is 6.54 Å². The minimum absolute atomic E-state index is 0.314. The van der Waals surface area contributed by atoms with Gasteiger partial charge >= 0.3 is 12.1 Å². The van der Waals surface area contributed by atoms with Gasteiger partial charge in [-0.3, -0.25) is 9.69 Å². The van der Waals surface area contributed by atoms with Crippen LogP contribution in [0.5, 0.6) is 0 Å². The summed E-state index contributed by atoms with van der Waals surface area (Å²) in [5.74, 6) is -1.10. The first-order chi connectivity index (χ1) is 6.80. The molecule has 0 saturated heterocycles. The molecule has 1 aliphatic rings. The van der Waals surface area contributed by atoms with Crippen molar-refractivity contribution in [3.05, 3.63) is 0 Å². The first-order valence-corrected chi connectivity index (χ1v) is 4.79. The van der Waals surface area contributed by atoms with Gasteiger partial charge in [-0.05, 0) is 25.8 Å². The van der Waals surface area contributed by atoms with E-state index in [-0.39, 0.29) is 0 Å². The first-order valence-electron chi connectivity index (χ1n) is 4.79. The average molecular weight is 225 g/mol. The van der Waals surface area contributed by atoms with E-state index in [1.165, 1.54) is 7.05 Å². The van der Waals surface area contributed by atoms with Gasteiger partial charge in [-0.2, -0.15) is 13.2 Å². The maximum atomic E-state index is 12.5. The third kappa shape index (κ3) is 4.07. The van der Waals surface area contributed by atoms with Gasteiger partial charge < -0.3 is 5.11 Å². The van der Waals surface area contributed by atoms with E-state index in [9.17, 15) is 18.0 Å². The van der Waals surface area contributed by atoms with Gasteiger partial charge in [0.1, 0.15) is 6.04 Å². The molecule has 15 heavy (non-hydrogen) atoms. The summed E-state index contributed by atoms with van der Waals surface area (Å²) < 4.78 is 37.5. The van der Waals surface area contributed by atoms with E-state index in [1.54, 1.807) is 0 Å².